The lowest BCUT2D eigenvalue weighted by Gasteiger charge is -2.16. The van der Waals surface area contributed by atoms with Crippen LogP contribution >= 0.6 is 0 Å². The molecule has 3 N–H and O–H groups in total. The van der Waals surface area contributed by atoms with Gasteiger partial charge in [0.15, 0.2) is 11.1 Å². The Balaban J connectivity index is 2.68. The Bertz CT molecular complexity index is 394. The number of carbonyl (C=O) groups is 1. The Morgan fingerprint density at radius 3 is 2.47 bits per heavy atom. The molecule has 0 saturated heterocycles. The fraction of sp³-hybridized carbons (Fsp3) is 0.364. The zero-order valence-electron chi connectivity index (χ0n) is 9.37. The number of hydrogen-bond acceptors (Lipinski definition) is 3. The molecule has 17 heavy (non-hydrogen) atoms. The molecule has 0 bridgehead atoms. The standard InChI is InChI=1S/C11H15NO4S/c1-8(13)11(14)12-10(17(15)16)7-9-5-3-2-4-6-9/h2-6,8,10,13H,7H2,1H3,(H,12,14)(H,15,16). The summed E-state index contributed by atoms with van der Waals surface area (Å²) in [5, 5.41) is 10.4. The van der Waals surface area contributed by atoms with Crippen LogP contribution in [0.4, 0.5) is 0 Å². The van der Waals surface area contributed by atoms with Crippen LogP contribution in [0.2, 0.25) is 0 Å². The maximum Gasteiger partial charge on any atom is 0.249 e. The molecular weight excluding hydrogens is 242 g/mol. The Morgan fingerprint density at radius 2 is 2.00 bits per heavy atom. The molecule has 0 aliphatic carbocycles. The van der Waals surface area contributed by atoms with Crippen molar-refractivity contribution in [2.45, 2.75) is 24.8 Å². The summed E-state index contributed by atoms with van der Waals surface area (Å²) in [7, 11) is 0. The summed E-state index contributed by atoms with van der Waals surface area (Å²) in [5.74, 6) is -0.659. The molecule has 0 aromatic heterocycles. The van der Waals surface area contributed by atoms with Crippen molar-refractivity contribution in [3.8, 4) is 0 Å². The molecule has 0 heterocycles. The Hall–Kier alpha value is -1.24. The quantitative estimate of drug-likeness (QED) is 0.661. The largest absolute Gasteiger partial charge is 0.384 e. The minimum atomic E-state index is -2.18. The van der Waals surface area contributed by atoms with Gasteiger partial charge in [0.1, 0.15) is 11.5 Å². The van der Waals surface area contributed by atoms with Gasteiger partial charge in [-0.05, 0) is 12.5 Å². The summed E-state index contributed by atoms with van der Waals surface area (Å²) < 4.78 is 20.2. The van der Waals surface area contributed by atoms with Crippen molar-refractivity contribution in [2.24, 2.45) is 0 Å². The minimum absolute atomic E-state index is 0.239. The van der Waals surface area contributed by atoms with Gasteiger partial charge in [0, 0.05) is 6.42 Å². The number of rotatable bonds is 5. The zero-order chi connectivity index (χ0) is 12.8. The molecule has 1 amide bonds. The third-order valence-corrected chi connectivity index (χ3v) is 2.96. The molecule has 1 aromatic rings. The second-order valence-electron chi connectivity index (χ2n) is 3.64. The molecule has 0 fully saturated rings. The van der Waals surface area contributed by atoms with Crippen molar-refractivity contribution in [1.29, 1.82) is 0 Å². The first-order valence-electron chi connectivity index (χ1n) is 5.12. The first-order chi connectivity index (χ1) is 8.00. The molecule has 6 heteroatoms. The van der Waals surface area contributed by atoms with Crippen molar-refractivity contribution in [3.63, 3.8) is 0 Å². The van der Waals surface area contributed by atoms with Crippen LogP contribution in [0.5, 0.6) is 0 Å². The van der Waals surface area contributed by atoms with Crippen LogP contribution in [-0.4, -0.2) is 31.3 Å². The normalized spacial score (nSPS) is 15.9. The van der Waals surface area contributed by atoms with E-state index in [0.29, 0.717) is 0 Å². The smallest absolute Gasteiger partial charge is 0.249 e. The highest BCUT2D eigenvalue weighted by Crippen LogP contribution is 2.05. The molecule has 1 rings (SSSR count). The van der Waals surface area contributed by atoms with E-state index in [9.17, 15) is 9.00 Å². The fourth-order valence-electron chi connectivity index (χ4n) is 1.28. The highest BCUT2D eigenvalue weighted by atomic mass is 32.2. The second-order valence-corrected chi connectivity index (χ2v) is 4.76. The SMILES string of the molecule is CC(O)C(=O)NC(Cc1ccccc1)S(=O)O. The van der Waals surface area contributed by atoms with Gasteiger partial charge >= 0.3 is 0 Å². The van der Waals surface area contributed by atoms with Gasteiger partial charge in [-0.15, -0.1) is 0 Å². The minimum Gasteiger partial charge on any atom is -0.384 e. The number of nitrogens with one attached hydrogen (secondary N) is 1. The van der Waals surface area contributed by atoms with Gasteiger partial charge in [-0.2, -0.15) is 0 Å². The highest BCUT2D eigenvalue weighted by Gasteiger charge is 2.20. The molecule has 3 unspecified atom stereocenters. The number of hydrogen-bond donors (Lipinski definition) is 3. The Kier molecular flexibility index (Phi) is 5.27. The fourth-order valence-corrected chi connectivity index (χ4v) is 1.83. The number of amides is 1. The predicted octanol–water partition coefficient (Wildman–Crippen LogP) is 0.274. The molecule has 0 radical (unpaired) electrons. The van der Waals surface area contributed by atoms with Crippen LogP contribution in [0, 0.1) is 0 Å². The molecule has 0 aliphatic rings. The first-order valence-corrected chi connectivity index (χ1v) is 6.29. The number of aliphatic hydroxyl groups is 1. The average molecular weight is 257 g/mol. The van der Waals surface area contributed by atoms with Crippen molar-refractivity contribution >= 4 is 17.0 Å². The van der Waals surface area contributed by atoms with Crippen molar-refractivity contribution in [1.82, 2.24) is 5.32 Å². The maximum absolute atomic E-state index is 11.2. The van der Waals surface area contributed by atoms with E-state index >= 15 is 0 Å². The molecule has 0 saturated carbocycles. The van der Waals surface area contributed by atoms with E-state index < -0.39 is 28.5 Å². The van der Waals surface area contributed by atoms with Crippen LogP contribution in [-0.2, 0) is 22.3 Å². The maximum atomic E-state index is 11.2. The Morgan fingerprint density at radius 1 is 1.41 bits per heavy atom. The van der Waals surface area contributed by atoms with Gasteiger partial charge in [-0.3, -0.25) is 4.79 Å². The van der Waals surface area contributed by atoms with Gasteiger partial charge < -0.3 is 15.0 Å². The van der Waals surface area contributed by atoms with Gasteiger partial charge in [-0.25, -0.2) is 4.21 Å². The topological polar surface area (TPSA) is 86.6 Å². The first kappa shape index (κ1) is 13.8. The average Bonchev–Trinajstić information content (AvgIpc) is 2.29. The zero-order valence-corrected chi connectivity index (χ0v) is 10.2. The molecule has 5 nitrogen and oxygen atoms in total. The van der Waals surface area contributed by atoms with E-state index in [1.54, 1.807) is 12.1 Å². The third kappa shape index (κ3) is 4.64. The summed E-state index contributed by atoms with van der Waals surface area (Å²) in [6.45, 7) is 1.30. The lowest BCUT2D eigenvalue weighted by atomic mass is 10.1. The van der Waals surface area contributed by atoms with E-state index in [2.05, 4.69) is 5.32 Å². The van der Waals surface area contributed by atoms with Crippen molar-refractivity contribution in [3.05, 3.63) is 35.9 Å². The molecule has 0 aliphatic heterocycles. The van der Waals surface area contributed by atoms with E-state index in [1.807, 2.05) is 18.2 Å². The van der Waals surface area contributed by atoms with Gasteiger partial charge in [0.05, 0.1) is 0 Å². The highest BCUT2D eigenvalue weighted by molar-refractivity contribution is 7.79. The van der Waals surface area contributed by atoms with Crippen LogP contribution in [0.15, 0.2) is 30.3 Å². The number of carbonyl (C=O) groups excluding carboxylic acids is 1. The molecular formula is C11H15NO4S. The monoisotopic (exact) mass is 257 g/mol. The molecule has 1 aromatic carbocycles. The van der Waals surface area contributed by atoms with Crippen molar-refractivity contribution < 1.29 is 18.7 Å². The van der Waals surface area contributed by atoms with E-state index in [4.69, 9.17) is 9.66 Å². The van der Waals surface area contributed by atoms with Crippen LogP contribution < -0.4 is 5.32 Å². The number of benzene rings is 1. The van der Waals surface area contributed by atoms with Gasteiger partial charge in [0.25, 0.3) is 0 Å². The summed E-state index contributed by atoms with van der Waals surface area (Å²) in [5.41, 5.74) is 0.839. The summed E-state index contributed by atoms with van der Waals surface area (Å²) >= 11 is -2.18. The lowest BCUT2D eigenvalue weighted by Crippen LogP contribution is -2.43. The molecule has 0 spiro atoms. The second kappa shape index (κ2) is 6.48. The van der Waals surface area contributed by atoms with E-state index in [-0.39, 0.29) is 6.42 Å². The summed E-state index contributed by atoms with van der Waals surface area (Å²) in [6, 6.07) is 9.05. The Labute approximate surface area is 102 Å². The van der Waals surface area contributed by atoms with Crippen LogP contribution in [0.25, 0.3) is 0 Å². The number of aliphatic hydroxyl groups excluding tert-OH is 1. The van der Waals surface area contributed by atoms with E-state index in [0.717, 1.165) is 5.56 Å². The molecule has 3 atom stereocenters. The van der Waals surface area contributed by atoms with Crippen LogP contribution in [0.3, 0.4) is 0 Å². The van der Waals surface area contributed by atoms with Gasteiger partial charge in [0.2, 0.25) is 5.91 Å². The third-order valence-electron chi connectivity index (χ3n) is 2.19. The summed E-state index contributed by atoms with van der Waals surface area (Å²) in [6.07, 6.45) is -0.959. The van der Waals surface area contributed by atoms with Crippen molar-refractivity contribution in [2.75, 3.05) is 0 Å². The lowest BCUT2D eigenvalue weighted by molar-refractivity contribution is -0.128. The summed E-state index contributed by atoms with van der Waals surface area (Å²) in [4.78, 5) is 11.2. The van der Waals surface area contributed by atoms with E-state index in [1.165, 1.54) is 6.92 Å². The van der Waals surface area contributed by atoms with Crippen LogP contribution in [0.1, 0.15) is 12.5 Å². The van der Waals surface area contributed by atoms with Gasteiger partial charge in [-0.1, -0.05) is 30.3 Å². The predicted molar refractivity (Wildman–Crippen MR) is 64.5 cm³/mol. The molecule has 94 valence electrons.